The number of hydrogen-bond donors (Lipinski definition) is 5. The van der Waals surface area contributed by atoms with Gasteiger partial charge in [-0.1, -0.05) is 129 Å². The van der Waals surface area contributed by atoms with Crippen molar-refractivity contribution in [3.05, 3.63) is 12.2 Å². The maximum Gasteiger partial charge on any atom is 0.472 e. The van der Waals surface area contributed by atoms with Gasteiger partial charge in [0.05, 0.1) is 32.0 Å². The molecule has 322 valence electrons. The number of Topliss-reactive ketones (excluding diaryl/α,β-unsaturated/α-hetero) is 1. The Morgan fingerprint density at radius 3 is 2.04 bits per heavy atom. The number of carbonyl (C=O) groups excluding carboxylic acids is 3. The number of hydrogen-bond acceptors (Lipinski definition) is 12. The molecule has 0 bridgehead atoms. The number of aliphatic hydroxyl groups excluding tert-OH is 4. The van der Waals surface area contributed by atoms with Gasteiger partial charge in [-0.15, -0.1) is 0 Å². The molecule has 1 fully saturated rings. The van der Waals surface area contributed by atoms with Crippen LogP contribution in [0.3, 0.4) is 0 Å². The fourth-order valence-corrected chi connectivity index (χ4v) is 7.43. The van der Waals surface area contributed by atoms with Gasteiger partial charge in [0.2, 0.25) is 0 Å². The van der Waals surface area contributed by atoms with E-state index in [9.17, 15) is 39.2 Å². The summed E-state index contributed by atoms with van der Waals surface area (Å²) < 4.78 is 32.7. The average Bonchev–Trinajstić information content (AvgIpc) is 3.43. The highest BCUT2D eigenvalue weighted by molar-refractivity contribution is 7.47. The van der Waals surface area contributed by atoms with Crippen LogP contribution in [0, 0.1) is 17.8 Å². The third kappa shape index (κ3) is 26.0. The van der Waals surface area contributed by atoms with Crippen LogP contribution < -0.4 is 0 Å². The summed E-state index contributed by atoms with van der Waals surface area (Å²) in [5.41, 5.74) is 0. The van der Waals surface area contributed by atoms with Crippen LogP contribution in [-0.4, -0.2) is 93.9 Å². The summed E-state index contributed by atoms with van der Waals surface area (Å²) in [6, 6.07) is 0. The second-order valence-corrected chi connectivity index (χ2v) is 16.9. The zero-order valence-corrected chi connectivity index (χ0v) is 34.9. The van der Waals surface area contributed by atoms with Gasteiger partial charge < -0.3 is 34.8 Å². The summed E-state index contributed by atoms with van der Waals surface area (Å²) >= 11 is 0. The molecular formula is C41H75O13P. The number of allylic oxidation sites excluding steroid dienone is 1. The van der Waals surface area contributed by atoms with Crippen LogP contribution in [0.2, 0.25) is 0 Å². The predicted octanol–water partition coefficient (Wildman–Crippen LogP) is 7.28. The van der Waals surface area contributed by atoms with E-state index in [0.29, 0.717) is 32.1 Å². The van der Waals surface area contributed by atoms with E-state index >= 15 is 0 Å². The van der Waals surface area contributed by atoms with Crippen LogP contribution in [0.1, 0.15) is 162 Å². The molecule has 1 saturated carbocycles. The number of aliphatic hydroxyl groups is 4. The number of phosphoric ester groups is 1. The van der Waals surface area contributed by atoms with E-state index in [1.165, 1.54) is 38.5 Å². The Morgan fingerprint density at radius 1 is 0.818 bits per heavy atom. The minimum atomic E-state index is -4.68. The van der Waals surface area contributed by atoms with E-state index < -0.39 is 69.9 Å². The molecule has 55 heavy (non-hydrogen) atoms. The van der Waals surface area contributed by atoms with E-state index in [0.717, 1.165) is 57.3 Å². The lowest BCUT2D eigenvalue weighted by Gasteiger charge is -2.20. The predicted molar refractivity (Wildman–Crippen MR) is 211 cm³/mol. The van der Waals surface area contributed by atoms with Crippen molar-refractivity contribution in [3.8, 4) is 0 Å². The molecule has 2 unspecified atom stereocenters. The number of ketones is 1. The summed E-state index contributed by atoms with van der Waals surface area (Å²) in [4.78, 5) is 47.6. The molecule has 8 atom stereocenters. The molecule has 1 aliphatic carbocycles. The Hall–Kier alpha value is -1.70. The van der Waals surface area contributed by atoms with Gasteiger partial charge in [-0.25, -0.2) is 4.57 Å². The summed E-state index contributed by atoms with van der Waals surface area (Å²) in [6.45, 7) is 4.30. The molecule has 1 aliphatic rings. The SMILES string of the molecule is CCCCC[C@H](O)/C=C/[C@H]1C(=O)C[C@H](O)[C@@H]1CCCCCCC(=O)O[C@H](COC(=O)CCCCCCCCCCC(C)CC)COP(=O)(O)OC[C@@H](O)CO. The molecule has 0 amide bonds. The molecule has 1 rings (SSSR count). The van der Waals surface area contributed by atoms with Crippen LogP contribution >= 0.6 is 7.82 Å². The smallest absolute Gasteiger partial charge is 0.462 e. The normalized spacial score (nSPS) is 20.7. The Kier molecular flexibility index (Phi) is 29.2. The van der Waals surface area contributed by atoms with E-state index in [-0.39, 0.29) is 37.6 Å². The quantitative estimate of drug-likeness (QED) is 0.0185. The third-order valence-electron chi connectivity index (χ3n) is 10.4. The molecule has 0 spiro atoms. The van der Waals surface area contributed by atoms with Crippen LogP contribution in [0.25, 0.3) is 0 Å². The third-order valence-corrected chi connectivity index (χ3v) is 11.3. The fraction of sp³-hybridized carbons (Fsp3) is 0.878. The first-order valence-corrected chi connectivity index (χ1v) is 22.6. The Balaban J connectivity index is 2.48. The molecule has 13 nitrogen and oxygen atoms in total. The topological polar surface area (TPSA) is 206 Å². The number of esters is 2. The van der Waals surface area contributed by atoms with Gasteiger partial charge in [-0.05, 0) is 37.5 Å². The van der Waals surface area contributed by atoms with Crippen LogP contribution in [0.5, 0.6) is 0 Å². The van der Waals surface area contributed by atoms with Gasteiger partial charge in [0.1, 0.15) is 18.5 Å². The van der Waals surface area contributed by atoms with Crippen molar-refractivity contribution in [1.82, 2.24) is 0 Å². The lowest BCUT2D eigenvalue weighted by atomic mass is 9.88. The number of ether oxygens (including phenoxy) is 2. The van der Waals surface area contributed by atoms with Gasteiger partial charge in [0.25, 0.3) is 0 Å². The second-order valence-electron chi connectivity index (χ2n) is 15.4. The molecule has 0 aromatic carbocycles. The van der Waals surface area contributed by atoms with Crippen molar-refractivity contribution in [2.45, 2.75) is 186 Å². The van der Waals surface area contributed by atoms with E-state index in [2.05, 4.69) is 25.3 Å². The molecule has 0 aromatic heterocycles. The summed E-state index contributed by atoms with van der Waals surface area (Å²) in [5, 5.41) is 39.1. The second kappa shape index (κ2) is 31.3. The molecule has 5 N–H and O–H groups in total. The van der Waals surface area contributed by atoms with Crippen molar-refractivity contribution in [3.63, 3.8) is 0 Å². The van der Waals surface area contributed by atoms with E-state index in [1.54, 1.807) is 12.2 Å². The molecule has 14 heteroatoms. The maximum absolute atomic E-state index is 12.7. The largest absolute Gasteiger partial charge is 0.472 e. The molecular weight excluding hydrogens is 731 g/mol. The monoisotopic (exact) mass is 806 g/mol. The number of rotatable bonds is 35. The van der Waals surface area contributed by atoms with Crippen molar-refractivity contribution < 1.29 is 62.8 Å². The summed E-state index contributed by atoms with van der Waals surface area (Å²) in [5.74, 6) is -0.927. The average molecular weight is 807 g/mol. The lowest BCUT2D eigenvalue weighted by Crippen LogP contribution is -2.29. The Morgan fingerprint density at radius 2 is 1.40 bits per heavy atom. The first-order valence-electron chi connectivity index (χ1n) is 21.1. The van der Waals surface area contributed by atoms with Gasteiger partial charge in [0.15, 0.2) is 6.10 Å². The molecule has 0 aromatic rings. The highest BCUT2D eigenvalue weighted by Crippen LogP contribution is 2.43. The minimum absolute atomic E-state index is 0.0165. The molecule has 0 saturated heterocycles. The van der Waals surface area contributed by atoms with Crippen molar-refractivity contribution in [2.24, 2.45) is 17.8 Å². The molecule has 0 aliphatic heterocycles. The summed E-state index contributed by atoms with van der Waals surface area (Å²) in [7, 11) is -4.68. The molecule has 0 radical (unpaired) electrons. The zero-order chi connectivity index (χ0) is 40.9. The first-order chi connectivity index (χ1) is 26.3. The van der Waals surface area contributed by atoms with Gasteiger partial charge >= 0.3 is 19.8 Å². The number of phosphoric acid groups is 1. The van der Waals surface area contributed by atoms with Crippen LogP contribution in [-0.2, 0) is 37.5 Å². The van der Waals surface area contributed by atoms with E-state index in [1.807, 2.05) is 0 Å². The Bertz CT molecular complexity index is 1100. The number of unbranched alkanes of at least 4 members (excludes halogenated alkanes) is 12. The van der Waals surface area contributed by atoms with Gasteiger partial charge in [0, 0.05) is 25.2 Å². The van der Waals surface area contributed by atoms with Crippen LogP contribution in [0.4, 0.5) is 0 Å². The highest BCUT2D eigenvalue weighted by atomic mass is 31.2. The Labute approximate surface area is 330 Å². The lowest BCUT2D eigenvalue weighted by molar-refractivity contribution is -0.161. The highest BCUT2D eigenvalue weighted by Gasteiger charge is 2.39. The van der Waals surface area contributed by atoms with Crippen molar-refractivity contribution >= 4 is 25.5 Å². The standard InChI is InChI=1S/C41H75O13P/c1-4-6-15-21-33(43)25-26-37-36(38(45)27-39(37)46)22-17-13-14-19-24-41(48)54-35(31-53-55(49,50)52-29-34(44)28-42)30-51-40(47)23-18-12-10-8-7-9-11-16-20-32(3)5-2/h25-26,32-38,42-45H,4-24,27-31H2,1-3H3,(H,49,50)/b26-25+/t32?,33-,34-,35+,36+,37+,38-/m0/s1. The van der Waals surface area contributed by atoms with Crippen molar-refractivity contribution in [2.75, 3.05) is 26.4 Å². The summed E-state index contributed by atoms with van der Waals surface area (Å²) in [6.07, 6.45) is 18.1. The molecule has 0 heterocycles. The zero-order valence-electron chi connectivity index (χ0n) is 34.0. The van der Waals surface area contributed by atoms with Gasteiger partial charge in [-0.2, -0.15) is 0 Å². The van der Waals surface area contributed by atoms with Gasteiger partial charge in [-0.3, -0.25) is 23.4 Å². The number of carbonyl (C=O) groups is 3. The van der Waals surface area contributed by atoms with Crippen LogP contribution in [0.15, 0.2) is 12.2 Å². The van der Waals surface area contributed by atoms with E-state index in [4.69, 9.17) is 19.1 Å². The first kappa shape index (κ1) is 51.3. The fourth-order valence-electron chi connectivity index (χ4n) is 6.64. The van der Waals surface area contributed by atoms with Crippen molar-refractivity contribution in [1.29, 1.82) is 0 Å². The minimum Gasteiger partial charge on any atom is -0.462 e. The maximum atomic E-state index is 12.7.